The molecule has 0 amide bonds. The van der Waals surface area contributed by atoms with E-state index in [9.17, 15) is 15.2 Å². The van der Waals surface area contributed by atoms with Crippen LogP contribution in [0.4, 0.5) is 11.5 Å². The molecule has 1 aliphatic heterocycles. The van der Waals surface area contributed by atoms with Crippen molar-refractivity contribution in [2.45, 2.75) is 18.9 Å². The summed E-state index contributed by atoms with van der Waals surface area (Å²) in [6.45, 7) is 1.32. The highest BCUT2D eigenvalue weighted by Gasteiger charge is 2.21. The number of aromatic nitrogens is 1. The zero-order valence-electron chi connectivity index (χ0n) is 9.04. The van der Waals surface area contributed by atoms with Gasteiger partial charge in [-0.2, -0.15) is 0 Å². The summed E-state index contributed by atoms with van der Waals surface area (Å²) < 4.78 is 0. The largest absolute Gasteiger partial charge is 0.393 e. The first kappa shape index (κ1) is 12.1. The van der Waals surface area contributed by atoms with Crippen LogP contribution >= 0.6 is 11.6 Å². The summed E-state index contributed by atoms with van der Waals surface area (Å²) in [6, 6.07) is 1.30. The van der Waals surface area contributed by atoms with Gasteiger partial charge in [-0.3, -0.25) is 10.1 Å². The normalized spacial score (nSPS) is 17.2. The molecule has 0 unspecified atom stereocenters. The highest BCUT2D eigenvalue weighted by molar-refractivity contribution is 6.33. The molecule has 17 heavy (non-hydrogen) atoms. The van der Waals surface area contributed by atoms with Gasteiger partial charge in [-0.25, -0.2) is 4.98 Å². The van der Waals surface area contributed by atoms with Crippen molar-refractivity contribution >= 4 is 23.1 Å². The number of pyridine rings is 1. The summed E-state index contributed by atoms with van der Waals surface area (Å²) in [4.78, 5) is 16.0. The van der Waals surface area contributed by atoms with Gasteiger partial charge in [0.25, 0.3) is 5.69 Å². The summed E-state index contributed by atoms with van der Waals surface area (Å²) in [7, 11) is 0. The number of nitrogens with zero attached hydrogens (tertiary/aromatic N) is 3. The molecule has 1 fully saturated rings. The number of anilines is 1. The summed E-state index contributed by atoms with van der Waals surface area (Å²) in [5, 5.41) is 20.2. The highest BCUT2D eigenvalue weighted by Crippen LogP contribution is 2.28. The number of rotatable bonds is 2. The van der Waals surface area contributed by atoms with Crippen molar-refractivity contribution in [3.8, 4) is 0 Å². The van der Waals surface area contributed by atoms with E-state index < -0.39 is 4.92 Å². The molecule has 1 aromatic heterocycles. The van der Waals surface area contributed by atoms with Crippen LogP contribution in [0.15, 0.2) is 12.3 Å². The molecule has 0 aliphatic carbocycles. The Hall–Kier alpha value is -1.40. The van der Waals surface area contributed by atoms with Crippen molar-refractivity contribution < 1.29 is 10.0 Å². The summed E-state index contributed by atoms with van der Waals surface area (Å²) in [5.74, 6) is 0.546. The van der Waals surface area contributed by atoms with Crippen LogP contribution in [0.1, 0.15) is 12.8 Å². The molecule has 1 aromatic rings. The van der Waals surface area contributed by atoms with Crippen molar-refractivity contribution in [2.24, 2.45) is 0 Å². The molecule has 2 heterocycles. The van der Waals surface area contributed by atoms with E-state index in [2.05, 4.69) is 4.98 Å². The van der Waals surface area contributed by atoms with Crippen LogP contribution in [0.5, 0.6) is 0 Å². The Kier molecular flexibility index (Phi) is 3.44. The zero-order valence-corrected chi connectivity index (χ0v) is 9.80. The predicted molar refractivity (Wildman–Crippen MR) is 63.4 cm³/mol. The van der Waals surface area contributed by atoms with Gasteiger partial charge in [0.15, 0.2) is 0 Å². The molecule has 0 aromatic carbocycles. The van der Waals surface area contributed by atoms with Crippen molar-refractivity contribution in [3.05, 3.63) is 27.4 Å². The molecule has 1 N–H and O–H groups in total. The summed E-state index contributed by atoms with van der Waals surface area (Å²) in [5.41, 5.74) is -0.115. The van der Waals surface area contributed by atoms with Gasteiger partial charge in [0, 0.05) is 19.2 Å². The lowest BCUT2D eigenvalue weighted by molar-refractivity contribution is -0.385. The lowest BCUT2D eigenvalue weighted by Gasteiger charge is -2.30. The number of nitro groups is 1. The second-order valence-electron chi connectivity index (χ2n) is 3.97. The van der Waals surface area contributed by atoms with Crippen LogP contribution in [0.3, 0.4) is 0 Å². The smallest absolute Gasteiger partial charge is 0.289 e. The minimum absolute atomic E-state index is 0.115. The van der Waals surface area contributed by atoms with Crippen LogP contribution in [0.2, 0.25) is 5.02 Å². The average Bonchev–Trinajstić information content (AvgIpc) is 2.30. The molecular formula is C10H12ClN3O3. The maximum absolute atomic E-state index is 10.5. The van der Waals surface area contributed by atoms with E-state index in [1.807, 2.05) is 4.90 Å². The van der Waals surface area contributed by atoms with E-state index >= 15 is 0 Å². The molecule has 7 heteroatoms. The van der Waals surface area contributed by atoms with Gasteiger partial charge in [-0.05, 0) is 12.8 Å². The van der Waals surface area contributed by atoms with Crippen LogP contribution in [-0.4, -0.2) is 34.2 Å². The maximum atomic E-state index is 10.5. The van der Waals surface area contributed by atoms with Crippen LogP contribution in [-0.2, 0) is 0 Å². The topological polar surface area (TPSA) is 79.5 Å². The van der Waals surface area contributed by atoms with Crippen molar-refractivity contribution in [1.82, 2.24) is 4.98 Å². The lowest BCUT2D eigenvalue weighted by atomic mass is 10.1. The Bertz CT molecular complexity index is 433. The van der Waals surface area contributed by atoms with Gasteiger partial charge in [0.1, 0.15) is 12.0 Å². The van der Waals surface area contributed by atoms with Gasteiger partial charge < -0.3 is 10.0 Å². The SMILES string of the molecule is O=[N+]([O-])c1cnc(N2CCC(O)CC2)c(Cl)c1. The van der Waals surface area contributed by atoms with Crippen LogP contribution in [0.25, 0.3) is 0 Å². The summed E-state index contributed by atoms with van der Waals surface area (Å²) >= 11 is 5.97. The fraction of sp³-hybridized carbons (Fsp3) is 0.500. The van der Waals surface area contributed by atoms with E-state index in [1.54, 1.807) is 0 Å². The molecule has 0 spiro atoms. The van der Waals surface area contributed by atoms with E-state index in [0.29, 0.717) is 31.7 Å². The fourth-order valence-electron chi connectivity index (χ4n) is 1.83. The third-order valence-electron chi connectivity index (χ3n) is 2.78. The summed E-state index contributed by atoms with van der Waals surface area (Å²) in [6.07, 6.45) is 2.25. The fourth-order valence-corrected chi connectivity index (χ4v) is 2.11. The Balaban J connectivity index is 2.19. The number of halogens is 1. The van der Waals surface area contributed by atoms with Gasteiger partial charge in [-0.15, -0.1) is 0 Å². The van der Waals surface area contributed by atoms with E-state index in [0.717, 1.165) is 0 Å². The number of hydrogen-bond acceptors (Lipinski definition) is 5. The van der Waals surface area contributed by atoms with Gasteiger partial charge in [0.05, 0.1) is 16.0 Å². The average molecular weight is 258 g/mol. The van der Waals surface area contributed by atoms with Crippen LogP contribution in [0, 0.1) is 10.1 Å². The first-order chi connectivity index (χ1) is 8.08. The van der Waals surface area contributed by atoms with Crippen molar-refractivity contribution in [1.29, 1.82) is 0 Å². The first-order valence-corrected chi connectivity index (χ1v) is 5.68. The minimum Gasteiger partial charge on any atom is -0.393 e. The van der Waals surface area contributed by atoms with E-state index in [1.165, 1.54) is 12.3 Å². The number of hydrogen-bond donors (Lipinski definition) is 1. The Labute approximate surface area is 103 Å². The second-order valence-corrected chi connectivity index (χ2v) is 4.38. The highest BCUT2D eigenvalue weighted by atomic mass is 35.5. The Morgan fingerprint density at radius 1 is 1.53 bits per heavy atom. The number of piperidine rings is 1. The molecule has 6 nitrogen and oxygen atoms in total. The molecule has 0 saturated carbocycles. The van der Waals surface area contributed by atoms with Crippen LogP contribution < -0.4 is 4.90 Å². The van der Waals surface area contributed by atoms with Crippen molar-refractivity contribution in [3.63, 3.8) is 0 Å². The molecule has 92 valence electrons. The van der Waals surface area contributed by atoms with Gasteiger partial charge in [0.2, 0.25) is 0 Å². The third kappa shape index (κ3) is 2.65. The number of aliphatic hydroxyl groups is 1. The molecule has 1 saturated heterocycles. The van der Waals surface area contributed by atoms with E-state index in [4.69, 9.17) is 11.6 Å². The quantitative estimate of drug-likeness (QED) is 0.643. The number of aliphatic hydroxyl groups excluding tert-OH is 1. The van der Waals surface area contributed by atoms with Gasteiger partial charge >= 0.3 is 0 Å². The minimum atomic E-state index is -0.525. The molecule has 0 bridgehead atoms. The van der Waals surface area contributed by atoms with E-state index in [-0.39, 0.29) is 16.8 Å². The second kappa shape index (κ2) is 4.85. The molecular weight excluding hydrogens is 246 g/mol. The zero-order chi connectivity index (χ0) is 12.4. The molecule has 0 atom stereocenters. The Morgan fingerprint density at radius 2 is 2.18 bits per heavy atom. The maximum Gasteiger partial charge on any atom is 0.289 e. The first-order valence-electron chi connectivity index (χ1n) is 5.31. The van der Waals surface area contributed by atoms with Gasteiger partial charge in [-0.1, -0.05) is 11.6 Å². The lowest BCUT2D eigenvalue weighted by Crippen LogP contribution is -2.36. The standard InChI is InChI=1S/C10H12ClN3O3/c11-9-5-7(14(16)17)6-12-10(9)13-3-1-8(15)2-4-13/h5-6,8,15H,1-4H2. The third-order valence-corrected chi connectivity index (χ3v) is 3.06. The van der Waals surface area contributed by atoms with Crippen molar-refractivity contribution in [2.75, 3.05) is 18.0 Å². The monoisotopic (exact) mass is 257 g/mol. The molecule has 2 rings (SSSR count). The Morgan fingerprint density at radius 3 is 2.71 bits per heavy atom. The molecule has 1 aliphatic rings. The molecule has 0 radical (unpaired) electrons. The predicted octanol–water partition coefficient (Wildman–Crippen LogP) is 1.60.